The Hall–Kier alpha value is -0.226. The molecule has 1 aliphatic carbocycles. The van der Waals surface area contributed by atoms with E-state index in [0.29, 0.717) is 5.54 Å². The van der Waals surface area contributed by atoms with Gasteiger partial charge in [-0.2, -0.15) is 0 Å². The first-order chi connectivity index (χ1) is 5.92. The molecule has 2 heteroatoms. The van der Waals surface area contributed by atoms with Crippen molar-refractivity contribution in [2.45, 2.75) is 18.5 Å². The number of hydrogen-bond acceptors (Lipinski definition) is 0. The molecule has 0 N–H and O–H groups in total. The van der Waals surface area contributed by atoms with Gasteiger partial charge in [0.25, 0.3) is 0 Å². The molecular formula is C11H12LiSi. The van der Waals surface area contributed by atoms with Crippen LogP contribution < -0.4 is 0 Å². The van der Waals surface area contributed by atoms with Crippen molar-refractivity contribution in [3.63, 3.8) is 0 Å². The van der Waals surface area contributed by atoms with Gasteiger partial charge in [-0.05, 0) is 16.7 Å². The van der Waals surface area contributed by atoms with E-state index in [1.165, 1.54) is 17.2 Å². The molecule has 0 nitrogen and oxygen atoms in total. The summed E-state index contributed by atoms with van der Waals surface area (Å²) in [5.74, 6) is 0. The van der Waals surface area contributed by atoms with Gasteiger partial charge in [0, 0.05) is 18.9 Å². The van der Waals surface area contributed by atoms with Crippen molar-refractivity contribution in [2.75, 3.05) is 0 Å². The van der Waals surface area contributed by atoms with Crippen LogP contribution >= 0.6 is 0 Å². The molecule has 1 aromatic carbocycles. The average molecular weight is 179 g/mol. The van der Waals surface area contributed by atoms with Crippen LogP contribution in [0, 0.1) is 0 Å². The molecule has 0 amide bonds. The summed E-state index contributed by atoms with van der Waals surface area (Å²) in [6.07, 6.45) is 4.59. The van der Waals surface area contributed by atoms with Gasteiger partial charge in [-0.3, -0.25) is 0 Å². The maximum absolute atomic E-state index is 2.34. The summed E-state index contributed by atoms with van der Waals surface area (Å²) in [4.78, 5) is 0. The Kier molecular flexibility index (Phi) is 4.06. The predicted molar refractivity (Wildman–Crippen MR) is 60.2 cm³/mol. The Labute approximate surface area is 94.4 Å². The normalized spacial score (nSPS) is 18.1. The number of allylic oxidation sites excluding steroid dienone is 1. The van der Waals surface area contributed by atoms with Crippen molar-refractivity contribution in [3.05, 3.63) is 41.5 Å². The molecule has 0 saturated heterocycles. The fourth-order valence-corrected chi connectivity index (χ4v) is 2.80. The van der Waals surface area contributed by atoms with Gasteiger partial charge in [-0.1, -0.05) is 49.4 Å². The van der Waals surface area contributed by atoms with Gasteiger partial charge < -0.3 is 0 Å². The molecule has 3 radical (unpaired) electrons. The van der Waals surface area contributed by atoms with Gasteiger partial charge in [0.2, 0.25) is 0 Å². The van der Waals surface area contributed by atoms with Crippen LogP contribution in [0.3, 0.4) is 0 Å². The summed E-state index contributed by atoms with van der Waals surface area (Å²) in [6.45, 7) is 2.26. The third-order valence-electron chi connectivity index (χ3n) is 2.22. The monoisotopic (exact) mass is 179 g/mol. The number of hydrogen-bond donors (Lipinski definition) is 0. The summed E-state index contributed by atoms with van der Waals surface area (Å²) in [5, 5.41) is 0. The zero-order valence-electron chi connectivity index (χ0n) is 8.25. The number of rotatable bonds is 2. The van der Waals surface area contributed by atoms with Crippen molar-refractivity contribution < 1.29 is 0 Å². The number of benzene rings is 1. The smallest absolute Gasteiger partial charge is 0.0524 e. The van der Waals surface area contributed by atoms with Gasteiger partial charge in [-0.25, -0.2) is 0 Å². The van der Waals surface area contributed by atoms with Gasteiger partial charge in [-0.15, -0.1) is 0 Å². The second kappa shape index (κ2) is 4.86. The topological polar surface area (TPSA) is 0 Å². The third kappa shape index (κ3) is 2.17. The molecule has 0 bridgehead atoms. The summed E-state index contributed by atoms with van der Waals surface area (Å²) in [6, 6.07) is 10.00. The van der Waals surface area contributed by atoms with Crippen LogP contribution in [0.15, 0.2) is 30.3 Å². The second-order valence-corrected chi connectivity index (χ2v) is 4.76. The number of fused-ring (bicyclic) bond motifs is 1. The molecule has 0 fully saturated rings. The van der Waals surface area contributed by atoms with Crippen molar-refractivity contribution in [1.29, 1.82) is 0 Å². The van der Waals surface area contributed by atoms with Gasteiger partial charge >= 0.3 is 0 Å². The molecular weight excluding hydrogens is 167 g/mol. The van der Waals surface area contributed by atoms with Crippen molar-refractivity contribution in [1.82, 2.24) is 0 Å². The minimum Gasteiger partial charge on any atom is -0.0797 e. The first kappa shape index (κ1) is 10.9. The molecule has 13 heavy (non-hydrogen) atoms. The van der Waals surface area contributed by atoms with Crippen LogP contribution in [-0.4, -0.2) is 28.4 Å². The van der Waals surface area contributed by atoms with Gasteiger partial charge in [0.1, 0.15) is 0 Å². The molecule has 1 aromatic rings. The zero-order chi connectivity index (χ0) is 8.39. The Morgan fingerprint density at radius 1 is 1.31 bits per heavy atom. The SMILES string of the molecule is CC[Si]C1C=Cc2ccccc21.[Li]. The van der Waals surface area contributed by atoms with Gasteiger partial charge in [0.15, 0.2) is 0 Å². The van der Waals surface area contributed by atoms with E-state index in [2.05, 4.69) is 43.3 Å². The van der Waals surface area contributed by atoms with Crippen LogP contribution in [0.1, 0.15) is 23.6 Å². The molecule has 0 heterocycles. The Morgan fingerprint density at radius 3 is 2.85 bits per heavy atom. The van der Waals surface area contributed by atoms with Gasteiger partial charge in [0.05, 0.1) is 9.52 Å². The second-order valence-electron chi connectivity index (χ2n) is 3.02. The van der Waals surface area contributed by atoms with E-state index in [0.717, 1.165) is 9.52 Å². The predicted octanol–water partition coefficient (Wildman–Crippen LogP) is 2.52. The molecule has 61 valence electrons. The quantitative estimate of drug-likeness (QED) is 0.612. The minimum absolute atomic E-state index is 0. The average Bonchev–Trinajstić information content (AvgIpc) is 2.50. The molecule has 0 aliphatic heterocycles. The van der Waals surface area contributed by atoms with E-state index < -0.39 is 0 Å². The maximum atomic E-state index is 2.34. The van der Waals surface area contributed by atoms with Crippen molar-refractivity contribution in [3.8, 4) is 0 Å². The third-order valence-corrected chi connectivity index (χ3v) is 3.57. The zero-order valence-corrected chi connectivity index (χ0v) is 9.25. The van der Waals surface area contributed by atoms with Crippen LogP contribution in [0.25, 0.3) is 6.08 Å². The van der Waals surface area contributed by atoms with E-state index >= 15 is 0 Å². The Bertz CT molecular complexity index is 307. The fourth-order valence-electron chi connectivity index (χ4n) is 1.65. The van der Waals surface area contributed by atoms with Crippen molar-refractivity contribution >= 4 is 34.5 Å². The van der Waals surface area contributed by atoms with E-state index in [-0.39, 0.29) is 18.9 Å². The summed E-state index contributed by atoms with van der Waals surface area (Å²) in [5.41, 5.74) is 3.66. The van der Waals surface area contributed by atoms with E-state index in [1.54, 1.807) is 0 Å². The summed E-state index contributed by atoms with van der Waals surface area (Å²) in [7, 11) is 1.05. The largest absolute Gasteiger partial charge is 0.0797 e. The van der Waals surface area contributed by atoms with E-state index in [1.807, 2.05) is 0 Å². The molecule has 1 unspecified atom stereocenters. The standard InChI is InChI=1S/C11H12Si.Li/c1-2-12-11-8-7-9-5-3-4-6-10(9)11;/h3-8,11H,2H2,1H3;. The van der Waals surface area contributed by atoms with Crippen LogP contribution in [0.4, 0.5) is 0 Å². The molecule has 0 saturated carbocycles. The minimum atomic E-state index is 0. The first-order valence-corrected chi connectivity index (χ1v) is 5.71. The van der Waals surface area contributed by atoms with E-state index in [9.17, 15) is 0 Å². The van der Waals surface area contributed by atoms with Crippen LogP contribution in [0.2, 0.25) is 6.04 Å². The van der Waals surface area contributed by atoms with E-state index in [4.69, 9.17) is 0 Å². The molecule has 0 aromatic heterocycles. The molecule has 0 spiro atoms. The van der Waals surface area contributed by atoms with Crippen LogP contribution in [-0.2, 0) is 0 Å². The van der Waals surface area contributed by atoms with Crippen LogP contribution in [0.5, 0.6) is 0 Å². The molecule has 1 atom stereocenters. The fraction of sp³-hybridized carbons (Fsp3) is 0.273. The summed E-state index contributed by atoms with van der Waals surface area (Å²) < 4.78 is 0. The maximum Gasteiger partial charge on any atom is 0.0524 e. The summed E-state index contributed by atoms with van der Waals surface area (Å²) >= 11 is 0. The Morgan fingerprint density at radius 2 is 2.08 bits per heavy atom. The molecule has 1 aliphatic rings. The first-order valence-electron chi connectivity index (χ1n) is 4.42. The Balaban J connectivity index is 0.000000845. The molecule has 2 rings (SSSR count). The van der Waals surface area contributed by atoms with Crippen molar-refractivity contribution in [2.24, 2.45) is 0 Å².